The number of nitro groups is 2. The van der Waals surface area contributed by atoms with Crippen LogP contribution in [0.15, 0.2) is 57.2 Å². The number of azo groups is 1. The van der Waals surface area contributed by atoms with Gasteiger partial charge in [-0.3, -0.25) is 20.2 Å². The Bertz CT molecular complexity index is 1130. The normalized spacial score (nSPS) is 11.2. The molecule has 0 aromatic heterocycles. The van der Waals surface area contributed by atoms with Gasteiger partial charge in [0.15, 0.2) is 5.69 Å². The molecule has 3 rings (SSSR count). The summed E-state index contributed by atoms with van der Waals surface area (Å²) in [7, 11) is 0. The quantitative estimate of drug-likeness (QED) is 0.315. The van der Waals surface area contributed by atoms with E-state index in [0.29, 0.717) is 16.5 Å². The van der Waals surface area contributed by atoms with Crippen LogP contribution in [0.3, 0.4) is 0 Å². The second-order valence-corrected chi connectivity index (χ2v) is 6.42. The Morgan fingerprint density at radius 3 is 2.30 bits per heavy atom. The third-order valence-electron chi connectivity index (χ3n) is 3.97. The third kappa shape index (κ3) is 3.34. The van der Waals surface area contributed by atoms with Crippen molar-refractivity contribution < 1.29 is 15.0 Å². The van der Waals surface area contributed by atoms with Crippen LogP contribution in [-0.2, 0) is 0 Å². The Balaban J connectivity index is 2.19. The number of phenols is 1. The minimum atomic E-state index is -0.726. The van der Waals surface area contributed by atoms with Crippen LogP contribution < -0.4 is 0 Å². The van der Waals surface area contributed by atoms with E-state index in [9.17, 15) is 25.3 Å². The summed E-state index contributed by atoms with van der Waals surface area (Å²) >= 11 is 3.10. The molecule has 0 unspecified atom stereocenters. The van der Waals surface area contributed by atoms with Crippen LogP contribution in [0.4, 0.5) is 22.7 Å². The molecule has 3 aromatic rings. The first-order valence-electron chi connectivity index (χ1n) is 7.55. The van der Waals surface area contributed by atoms with E-state index in [1.54, 1.807) is 24.3 Å². The maximum atomic E-state index is 11.5. The van der Waals surface area contributed by atoms with Crippen molar-refractivity contribution in [2.45, 2.75) is 6.92 Å². The molecule has 0 aliphatic heterocycles. The summed E-state index contributed by atoms with van der Waals surface area (Å²) in [6, 6.07) is 11.1. The Hall–Kier alpha value is -3.40. The molecule has 0 fully saturated rings. The fourth-order valence-corrected chi connectivity index (χ4v) is 3.16. The molecule has 136 valence electrons. The van der Waals surface area contributed by atoms with Gasteiger partial charge in [0.05, 0.1) is 20.0 Å². The van der Waals surface area contributed by atoms with Gasteiger partial charge in [-0.1, -0.05) is 24.3 Å². The molecule has 0 bridgehead atoms. The lowest BCUT2D eigenvalue weighted by Crippen LogP contribution is -1.98. The van der Waals surface area contributed by atoms with Crippen LogP contribution in [0.2, 0.25) is 0 Å². The van der Waals surface area contributed by atoms with Gasteiger partial charge in [0.25, 0.3) is 5.69 Å². The fraction of sp³-hybridized carbons (Fsp3) is 0.0588. The van der Waals surface area contributed by atoms with Crippen molar-refractivity contribution in [1.29, 1.82) is 0 Å². The number of aromatic hydroxyl groups is 1. The smallest absolute Gasteiger partial charge is 0.307 e. The summed E-state index contributed by atoms with van der Waals surface area (Å²) in [5.41, 5.74) is -0.732. The van der Waals surface area contributed by atoms with Crippen LogP contribution in [0.5, 0.6) is 5.75 Å². The van der Waals surface area contributed by atoms with Crippen molar-refractivity contribution in [3.05, 3.63) is 72.7 Å². The zero-order valence-corrected chi connectivity index (χ0v) is 15.4. The predicted molar refractivity (Wildman–Crippen MR) is 102 cm³/mol. The average Bonchev–Trinajstić information content (AvgIpc) is 2.63. The molecule has 0 radical (unpaired) electrons. The number of nitrogens with zero attached hydrogens (tertiary/aromatic N) is 4. The van der Waals surface area contributed by atoms with Gasteiger partial charge in [0.1, 0.15) is 11.3 Å². The Morgan fingerprint density at radius 1 is 1.00 bits per heavy atom. The Morgan fingerprint density at radius 2 is 1.67 bits per heavy atom. The summed E-state index contributed by atoms with van der Waals surface area (Å²) in [4.78, 5) is 21.1. The number of phenolic OH excluding ortho intramolecular Hbond substituents is 1. The van der Waals surface area contributed by atoms with Gasteiger partial charge in [0.2, 0.25) is 0 Å². The molecule has 0 atom stereocenters. The van der Waals surface area contributed by atoms with Gasteiger partial charge in [-0.2, -0.15) is 0 Å². The molecule has 10 heteroatoms. The first-order valence-corrected chi connectivity index (χ1v) is 8.35. The highest BCUT2D eigenvalue weighted by Crippen LogP contribution is 2.43. The van der Waals surface area contributed by atoms with Crippen molar-refractivity contribution in [3.8, 4) is 5.75 Å². The highest BCUT2D eigenvalue weighted by molar-refractivity contribution is 9.10. The number of rotatable bonds is 4. The zero-order chi connectivity index (χ0) is 19.7. The molecule has 0 spiro atoms. The van der Waals surface area contributed by atoms with Crippen LogP contribution in [-0.4, -0.2) is 15.0 Å². The van der Waals surface area contributed by atoms with Crippen LogP contribution >= 0.6 is 15.9 Å². The number of hydrogen-bond donors (Lipinski definition) is 1. The van der Waals surface area contributed by atoms with E-state index in [2.05, 4.69) is 26.2 Å². The predicted octanol–water partition coefficient (Wildman–Crippen LogP) is 5.85. The number of hydrogen-bond acceptors (Lipinski definition) is 7. The molecule has 0 heterocycles. The number of fused-ring (bicyclic) bond motifs is 1. The van der Waals surface area contributed by atoms with Crippen molar-refractivity contribution in [2.75, 3.05) is 0 Å². The van der Waals surface area contributed by atoms with E-state index < -0.39 is 15.5 Å². The topological polar surface area (TPSA) is 131 Å². The highest BCUT2D eigenvalue weighted by Gasteiger charge is 2.29. The summed E-state index contributed by atoms with van der Waals surface area (Å²) in [6.07, 6.45) is 0. The SMILES string of the molecule is Cc1c([N+](=O)[O-])cc(Br)c(N=Nc2ccc(O)c3ccccc23)c1[N+](=O)[O-]. The maximum Gasteiger partial charge on any atom is 0.307 e. The largest absolute Gasteiger partial charge is 0.507 e. The van der Waals surface area contributed by atoms with Crippen molar-refractivity contribution in [1.82, 2.24) is 0 Å². The molecule has 3 aromatic carbocycles. The van der Waals surface area contributed by atoms with E-state index in [1.165, 1.54) is 19.1 Å². The fourth-order valence-electron chi connectivity index (χ4n) is 2.68. The Labute approximate surface area is 160 Å². The van der Waals surface area contributed by atoms with Crippen LogP contribution in [0.25, 0.3) is 10.8 Å². The summed E-state index contributed by atoms with van der Waals surface area (Å²) < 4.78 is 0.0818. The minimum absolute atomic E-state index is 0.0721. The molecule has 0 saturated carbocycles. The van der Waals surface area contributed by atoms with Crippen molar-refractivity contribution >= 4 is 49.5 Å². The molecule has 0 aliphatic carbocycles. The monoisotopic (exact) mass is 430 g/mol. The highest BCUT2D eigenvalue weighted by atomic mass is 79.9. The first-order chi connectivity index (χ1) is 12.8. The van der Waals surface area contributed by atoms with Gasteiger partial charge in [0, 0.05) is 16.8 Å². The summed E-state index contributed by atoms with van der Waals surface area (Å²) in [6.45, 7) is 1.29. The van der Waals surface area contributed by atoms with E-state index in [1.807, 2.05) is 0 Å². The second kappa shape index (κ2) is 7.08. The van der Waals surface area contributed by atoms with Crippen LogP contribution in [0.1, 0.15) is 5.56 Å². The number of halogens is 1. The number of benzene rings is 3. The molecular weight excluding hydrogens is 420 g/mol. The van der Waals surface area contributed by atoms with Gasteiger partial charge >= 0.3 is 5.69 Å². The van der Waals surface area contributed by atoms with Gasteiger partial charge < -0.3 is 5.11 Å². The lowest BCUT2D eigenvalue weighted by molar-refractivity contribution is -0.394. The number of nitro benzene ring substituents is 2. The summed E-state index contributed by atoms with van der Waals surface area (Å²) in [5, 5.41) is 41.7. The summed E-state index contributed by atoms with van der Waals surface area (Å²) in [5.74, 6) is 0.0721. The van der Waals surface area contributed by atoms with E-state index in [4.69, 9.17) is 0 Å². The molecule has 0 amide bonds. The average molecular weight is 431 g/mol. The van der Waals surface area contributed by atoms with E-state index >= 15 is 0 Å². The van der Waals surface area contributed by atoms with Gasteiger partial charge in [-0.25, -0.2) is 0 Å². The molecule has 0 aliphatic rings. The van der Waals surface area contributed by atoms with E-state index in [-0.39, 0.29) is 27.2 Å². The van der Waals surface area contributed by atoms with Crippen molar-refractivity contribution in [3.63, 3.8) is 0 Å². The molecule has 27 heavy (non-hydrogen) atoms. The minimum Gasteiger partial charge on any atom is -0.507 e. The molecule has 0 saturated heterocycles. The molecular formula is C17H11BrN4O5. The molecule has 9 nitrogen and oxygen atoms in total. The lowest BCUT2D eigenvalue weighted by atomic mass is 10.1. The first kappa shape index (κ1) is 18.4. The molecule has 1 N–H and O–H groups in total. The van der Waals surface area contributed by atoms with Gasteiger partial charge in [-0.05, 0) is 35.0 Å². The standard InChI is InChI=1S/C17H11BrN4O5/c1-9-14(21(24)25)8-12(18)16(17(9)22(26)27)20-19-13-6-7-15(23)11-5-3-2-4-10(11)13/h2-8,23H,1H3. The second-order valence-electron chi connectivity index (χ2n) is 5.56. The van der Waals surface area contributed by atoms with E-state index in [0.717, 1.165) is 6.07 Å². The van der Waals surface area contributed by atoms with Gasteiger partial charge in [-0.15, -0.1) is 10.2 Å². The lowest BCUT2D eigenvalue weighted by Gasteiger charge is -2.05. The van der Waals surface area contributed by atoms with Crippen LogP contribution in [0, 0.1) is 27.2 Å². The van der Waals surface area contributed by atoms with Crippen molar-refractivity contribution in [2.24, 2.45) is 10.2 Å². The zero-order valence-electron chi connectivity index (χ0n) is 13.8. The third-order valence-corrected chi connectivity index (χ3v) is 4.57. The Kier molecular flexibility index (Phi) is 4.82. The maximum absolute atomic E-state index is 11.5.